The Balaban J connectivity index is 2.52. The Bertz CT molecular complexity index is 363. The maximum atomic E-state index is 5.70. The van der Waals surface area contributed by atoms with Gasteiger partial charge in [0, 0.05) is 20.3 Å². The summed E-state index contributed by atoms with van der Waals surface area (Å²) < 4.78 is 12.7. The third-order valence-electron chi connectivity index (χ3n) is 2.54. The molecule has 0 atom stereocenters. The van der Waals surface area contributed by atoms with Gasteiger partial charge in [-0.15, -0.1) is 0 Å². The lowest BCUT2D eigenvalue weighted by Gasteiger charge is -2.12. The fourth-order valence-electron chi connectivity index (χ4n) is 1.63. The highest BCUT2D eigenvalue weighted by Gasteiger charge is 2.08. The van der Waals surface area contributed by atoms with Gasteiger partial charge in [0.05, 0.1) is 15.6 Å². The zero-order valence-corrected chi connectivity index (χ0v) is 14.6. The Labute approximate surface area is 132 Å². The average Bonchev–Trinajstić information content (AvgIpc) is 2.38. The molecule has 108 valence electrons. The van der Waals surface area contributed by atoms with Crippen molar-refractivity contribution in [1.29, 1.82) is 0 Å². The van der Waals surface area contributed by atoms with Crippen molar-refractivity contribution in [3.63, 3.8) is 0 Å². The van der Waals surface area contributed by atoms with Crippen LogP contribution < -0.4 is 10.1 Å². The number of nitrogens with one attached hydrogen (secondary N) is 1. The molecule has 0 amide bonds. The molecule has 0 heterocycles. The van der Waals surface area contributed by atoms with Crippen molar-refractivity contribution in [2.45, 2.75) is 26.3 Å². The molecule has 0 bridgehead atoms. The second-order valence-electron chi connectivity index (χ2n) is 4.26. The smallest absolute Gasteiger partial charge is 0.147 e. The van der Waals surface area contributed by atoms with Crippen LogP contribution in [0.3, 0.4) is 0 Å². The van der Waals surface area contributed by atoms with Gasteiger partial charge in [-0.25, -0.2) is 0 Å². The summed E-state index contributed by atoms with van der Waals surface area (Å²) >= 11 is 7.12. The van der Waals surface area contributed by atoms with E-state index in [1.54, 1.807) is 7.11 Å². The third kappa shape index (κ3) is 6.25. The van der Waals surface area contributed by atoms with Gasteiger partial charge < -0.3 is 14.8 Å². The van der Waals surface area contributed by atoms with Gasteiger partial charge in [-0.2, -0.15) is 0 Å². The van der Waals surface area contributed by atoms with Gasteiger partial charge in [0.1, 0.15) is 5.75 Å². The van der Waals surface area contributed by atoms with Crippen molar-refractivity contribution < 1.29 is 9.47 Å². The third-order valence-corrected chi connectivity index (χ3v) is 3.72. The van der Waals surface area contributed by atoms with Crippen molar-refractivity contribution in [3.8, 4) is 5.75 Å². The summed E-state index contributed by atoms with van der Waals surface area (Å²) in [6.45, 7) is 5.42. The summed E-state index contributed by atoms with van der Waals surface area (Å²) in [5, 5.41) is 3.39. The summed E-state index contributed by atoms with van der Waals surface area (Å²) in [7, 11) is 1.73. The second kappa shape index (κ2) is 9.75. The molecular weight excluding hydrogens is 374 g/mol. The topological polar surface area (TPSA) is 30.5 Å². The van der Waals surface area contributed by atoms with Crippen LogP contribution in [-0.4, -0.2) is 26.9 Å². The molecule has 0 radical (unpaired) electrons. The minimum absolute atomic E-state index is 0.728. The lowest BCUT2D eigenvalue weighted by atomic mass is 10.2. The van der Waals surface area contributed by atoms with E-state index >= 15 is 0 Å². The maximum Gasteiger partial charge on any atom is 0.147 e. The molecule has 1 aromatic rings. The number of hydrogen-bond donors (Lipinski definition) is 1. The maximum absolute atomic E-state index is 5.70. The van der Waals surface area contributed by atoms with E-state index in [0.29, 0.717) is 0 Å². The predicted molar refractivity (Wildman–Crippen MR) is 85.8 cm³/mol. The van der Waals surface area contributed by atoms with E-state index in [-0.39, 0.29) is 0 Å². The molecule has 3 nitrogen and oxygen atoms in total. The van der Waals surface area contributed by atoms with Gasteiger partial charge in [0.25, 0.3) is 0 Å². The predicted octanol–water partition coefficient (Wildman–Crippen LogP) is 4.13. The number of methoxy groups -OCH3 is 1. The number of halogens is 2. The molecule has 0 saturated carbocycles. The summed E-state index contributed by atoms with van der Waals surface area (Å²) in [5.41, 5.74) is 1.22. The molecule has 0 aliphatic carbocycles. The summed E-state index contributed by atoms with van der Waals surface area (Å²) in [5.74, 6) is 0.880. The van der Waals surface area contributed by atoms with Crippen LogP contribution in [0, 0.1) is 0 Å². The van der Waals surface area contributed by atoms with E-state index in [1.807, 2.05) is 0 Å². The van der Waals surface area contributed by atoms with Gasteiger partial charge in [0.15, 0.2) is 0 Å². The molecule has 0 saturated heterocycles. The second-order valence-corrected chi connectivity index (χ2v) is 5.97. The summed E-state index contributed by atoms with van der Waals surface area (Å²) in [6, 6.07) is 4.19. The molecule has 5 heteroatoms. The van der Waals surface area contributed by atoms with E-state index in [1.165, 1.54) is 5.56 Å². The van der Waals surface area contributed by atoms with Gasteiger partial charge >= 0.3 is 0 Å². The Hall–Kier alpha value is -0.100. The van der Waals surface area contributed by atoms with Crippen LogP contribution in [0.2, 0.25) is 0 Å². The minimum atomic E-state index is 0.728. The zero-order chi connectivity index (χ0) is 14.1. The van der Waals surface area contributed by atoms with Crippen LogP contribution in [-0.2, 0) is 11.3 Å². The molecule has 1 N–H and O–H groups in total. The normalized spacial score (nSPS) is 10.7. The van der Waals surface area contributed by atoms with Gasteiger partial charge in [0.2, 0.25) is 0 Å². The number of rotatable bonds is 9. The van der Waals surface area contributed by atoms with E-state index in [0.717, 1.165) is 53.8 Å². The first kappa shape index (κ1) is 17.0. The first-order valence-corrected chi connectivity index (χ1v) is 8.08. The Morgan fingerprint density at radius 2 is 1.84 bits per heavy atom. The SMILES string of the molecule is CCCOc1c(Br)cc(CNCCCOC)cc1Br. The Kier molecular flexibility index (Phi) is 8.70. The Morgan fingerprint density at radius 1 is 1.16 bits per heavy atom. The van der Waals surface area contributed by atoms with Crippen LogP contribution >= 0.6 is 31.9 Å². The lowest BCUT2D eigenvalue weighted by Crippen LogP contribution is -2.16. The van der Waals surface area contributed by atoms with Crippen molar-refractivity contribution in [2.75, 3.05) is 26.9 Å². The van der Waals surface area contributed by atoms with Crippen LogP contribution in [0.5, 0.6) is 5.75 Å². The van der Waals surface area contributed by atoms with Crippen molar-refractivity contribution in [2.24, 2.45) is 0 Å². The van der Waals surface area contributed by atoms with Crippen molar-refractivity contribution in [3.05, 3.63) is 26.6 Å². The highest BCUT2D eigenvalue weighted by Crippen LogP contribution is 2.34. The Morgan fingerprint density at radius 3 is 2.42 bits per heavy atom. The molecule has 0 aliphatic rings. The molecular formula is C14H21Br2NO2. The molecule has 0 spiro atoms. The largest absolute Gasteiger partial charge is 0.491 e. The highest BCUT2D eigenvalue weighted by molar-refractivity contribution is 9.11. The van der Waals surface area contributed by atoms with Crippen LogP contribution in [0.15, 0.2) is 21.1 Å². The highest BCUT2D eigenvalue weighted by atomic mass is 79.9. The monoisotopic (exact) mass is 393 g/mol. The molecule has 0 fully saturated rings. The standard InChI is InChI=1S/C14H21Br2NO2/c1-3-6-19-14-12(15)8-11(9-13(14)16)10-17-5-4-7-18-2/h8-9,17H,3-7,10H2,1-2H3. The van der Waals surface area contributed by atoms with E-state index in [2.05, 4.69) is 56.2 Å². The zero-order valence-electron chi connectivity index (χ0n) is 11.5. The van der Waals surface area contributed by atoms with Gasteiger partial charge in [-0.3, -0.25) is 0 Å². The average molecular weight is 395 g/mol. The van der Waals surface area contributed by atoms with Crippen LogP contribution in [0.4, 0.5) is 0 Å². The summed E-state index contributed by atoms with van der Waals surface area (Å²) in [6.07, 6.45) is 2.03. The first-order chi connectivity index (χ1) is 9.19. The molecule has 1 aromatic carbocycles. The first-order valence-electron chi connectivity index (χ1n) is 6.49. The quantitative estimate of drug-likeness (QED) is 0.639. The molecule has 0 aliphatic heterocycles. The van der Waals surface area contributed by atoms with Crippen LogP contribution in [0.1, 0.15) is 25.3 Å². The van der Waals surface area contributed by atoms with Crippen molar-refractivity contribution >= 4 is 31.9 Å². The van der Waals surface area contributed by atoms with Gasteiger partial charge in [-0.05, 0) is 68.9 Å². The lowest BCUT2D eigenvalue weighted by molar-refractivity contribution is 0.194. The van der Waals surface area contributed by atoms with E-state index in [9.17, 15) is 0 Å². The van der Waals surface area contributed by atoms with E-state index < -0.39 is 0 Å². The number of hydrogen-bond acceptors (Lipinski definition) is 3. The minimum Gasteiger partial charge on any atom is -0.491 e. The van der Waals surface area contributed by atoms with E-state index in [4.69, 9.17) is 9.47 Å². The van der Waals surface area contributed by atoms with Gasteiger partial charge in [-0.1, -0.05) is 6.92 Å². The fourth-order valence-corrected chi connectivity index (χ4v) is 3.14. The number of ether oxygens (including phenoxy) is 2. The summed E-state index contributed by atoms with van der Waals surface area (Å²) in [4.78, 5) is 0. The molecule has 1 rings (SSSR count). The van der Waals surface area contributed by atoms with Crippen molar-refractivity contribution in [1.82, 2.24) is 5.32 Å². The molecule has 19 heavy (non-hydrogen) atoms. The molecule has 0 unspecified atom stereocenters. The number of benzene rings is 1. The van der Waals surface area contributed by atoms with Crippen LogP contribution in [0.25, 0.3) is 0 Å². The molecule has 0 aromatic heterocycles. The fraction of sp³-hybridized carbons (Fsp3) is 0.571.